The van der Waals surface area contributed by atoms with E-state index in [1.54, 1.807) is 0 Å². The molecule has 0 aromatic heterocycles. The quantitative estimate of drug-likeness (QED) is 0.184. The van der Waals surface area contributed by atoms with Crippen LogP contribution in [0.25, 0.3) is 0 Å². The molecular weight excluding hydrogens is 364 g/mol. The predicted molar refractivity (Wildman–Crippen MR) is 119 cm³/mol. The molecule has 0 aromatic rings. The average Bonchev–Trinajstić information content (AvgIpc) is 3.20. The van der Waals surface area contributed by atoms with Crippen LogP contribution in [0.4, 0.5) is 0 Å². The van der Waals surface area contributed by atoms with E-state index in [0.717, 1.165) is 38.5 Å². The molecule has 0 saturated heterocycles. The van der Waals surface area contributed by atoms with Crippen molar-refractivity contribution in [2.75, 3.05) is 13.2 Å². The fourth-order valence-electron chi connectivity index (χ4n) is 3.83. The Morgan fingerprint density at radius 1 is 0.793 bits per heavy atom. The summed E-state index contributed by atoms with van der Waals surface area (Å²) < 4.78 is 11.2. The Bertz CT molecular complexity index is 513. The first-order valence-electron chi connectivity index (χ1n) is 11.9. The Hall–Kier alpha value is -1.32. The van der Waals surface area contributed by atoms with Crippen molar-refractivity contribution in [3.8, 4) is 0 Å². The zero-order valence-electron chi connectivity index (χ0n) is 19.6. The third-order valence-corrected chi connectivity index (χ3v) is 5.43. The summed E-state index contributed by atoms with van der Waals surface area (Å²) in [5.74, 6) is 0.0795. The summed E-state index contributed by atoms with van der Waals surface area (Å²) in [5, 5.41) is 0. The second kappa shape index (κ2) is 14.6. The van der Waals surface area contributed by atoms with E-state index in [2.05, 4.69) is 6.92 Å². The van der Waals surface area contributed by atoms with E-state index in [9.17, 15) is 9.59 Å². The Morgan fingerprint density at radius 2 is 1.31 bits per heavy atom. The molecule has 0 N–H and O–H groups in total. The number of carbonyl (C=O) groups excluding carboxylic acids is 2. The molecule has 0 aliphatic heterocycles. The summed E-state index contributed by atoms with van der Waals surface area (Å²) >= 11 is 0. The smallest absolute Gasteiger partial charge is 0.334 e. The summed E-state index contributed by atoms with van der Waals surface area (Å²) in [4.78, 5) is 26.0. The first kappa shape index (κ1) is 25.7. The summed E-state index contributed by atoms with van der Waals surface area (Å²) in [6.45, 7) is 11.1. The van der Waals surface area contributed by atoms with Gasteiger partial charge in [-0.25, -0.2) is 9.59 Å². The normalized spacial score (nSPS) is 15.7. The molecule has 0 aromatic carbocycles. The topological polar surface area (TPSA) is 52.6 Å². The van der Waals surface area contributed by atoms with E-state index < -0.39 is 0 Å². The van der Waals surface area contributed by atoms with Crippen LogP contribution >= 0.6 is 0 Å². The second-order valence-electron chi connectivity index (χ2n) is 9.38. The molecule has 0 heterocycles. The highest BCUT2D eigenvalue weighted by Gasteiger charge is 2.31. The van der Waals surface area contributed by atoms with Gasteiger partial charge in [0.2, 0.25) is 0 Å². The molecule has 1 saturated carbocycles. The fraction of sp³-hybridized carbons (Fsp3) is 0.840. The molecule has 1 rings (SSSR count). The van der Waals surface area contributed by atoms with Crippen LogP contribution in [0, 0.1) is 17.8 Å². The largest absolute Gasteiger partial charge is 0.462 e. The van der Waals surface area contributed by atoms with Gasteiger partial charge in [0.05, 0.1) is 18.8 Å². The molecule has 29 heavy (non-hydrogen) atoms. The van der Waals surface area contributed by atoms with E-state index in [4.69, 9.17) is 9.47 Å². The lowest BCUT2D eigenvalue weighted by Crippen LogP contribution is -2.23. The zero-order valence-corrected chi connectivity index (χ0v) is 19.6. The van der Waals surface area contributed by atoms with Crippen LogP contribution in [-0.4, -0.2) is 25.2 Å². The van der Waals surface area contributed by atoms with Gasteiger partial charge in [0.1, 0.15) is 0 Å². The number of rotatable bonds is 14. The van der Waals surface area contributed by atoms with Crippen LogP contribution < -0.4 is 0 Å². The molecule has 1 aliphatic carbocycles. The number of hydrogen-bond donors (Lipinski definition) is 0. The Labute approximate surface area is 178 Å². The van der Waals surface area contributed by atoms with Crippen molar-refractivity contribution in [3.05, 3.63) is 11.1 Å². The highest BCUT2D eigenvalue weighted by Crippen LogP contribution is 2.35. The standard InChI is InChI=1S/C25H44O4/c1-6-7-8-9-10-11-16-22(24(26)28-17-19(2)3)23(21-14-12-13-15-21)25(27)29-18-20(4)5/h19-21H,6-18H2,1-5H3. The molecule has 0 atom stereocenters. The van der Waals surface area contributed by atoms with Crippen LogP contribution in [-0.2, 0) is 19.1 Å². The molecule has 4 heteroatoms. The number of carbonyl (C=O) groups is 2. The summed E-state index contributed by atoms with van der Waals surface area (Å²) in [6.07, 6.45) is 11.7. The van der Waals surface area contributed by atoms with Crippen molar-refractivity contribution in [2.24, 2.45) is 17.8 Å². The number of ether oxygens (including phenoxy) is 2. The lowest BCUT2D eigenvalue weighted by atomic mass is 9.90. The molecule has 0 unspecified atom stereocenters. The molecule has 1 fully saturated rings. The molecule has 0 radical (unpaired) electrons. The Kier molecular flexibility index (Phi) is 13.0. The maximum absolute atomic E-state index is 13.0. The predicted octanol–water partition coefficient (Wildman–Crippen LogP) is 6.62. The minimum absolute atomic E-state index is 0.136. The van der Waals surface area contributed by atoms with Crippen molar-refractivity contribution < 1.29 is 19.1 Å². The number of hydrogen-bond acceptors (Lipinski definition) is 4. The van der Waals surface area contributed by atoms with Gasteiger partial charge in [0.15, 0.2) is 0 Å². The van der Waals surface area contributed by atoms with Gasteiger partial charge in [0.25, 0.3) is 0 Å². The minimum Gasteiger partial charge on any atom is -0.462 e. The number of esters is 2. The van der Waals surface area contributed by atoms with Gasteiger partial charge in [-0.05, 0) is 43.4 Å². The first-order valence-corrected chi connectivity index (χ1v) is 11.9. The van der Waals surface area contributed by atoms with Crippen molar-refractivity contribution in [2.45, 2.75) is 105 Å². The second-order valence-corrected chi connectivity index (χ2v) is 9.38. The molecule has 4 nitrogen and oxygen atoms in total. The molecule has 0 amide bonds. The first-order chi connectivity index (χ1) is 13.9. The van der Waals surface area contributed by atoms with Crippen molar-refractivity contribution in [1.29, 1.82) is 0 Å². The van der Waals surface area contributed by atoms with Gasteiger partial charge in [-0.15, -0.1) is 0 Å². The van der Waals surface area contributed by atoms with Crippen LogP contribution in [0.1, 0.15) is 105 Å². The SMILES string of the molecule is CCCCCCCCC(C(=O)OCC(C)C)=C(C(=O)OCC(C)C)C1CCCC1. The minimum atomic E-state index is -0.310. The monoisotopic (exact) mass is 408 g/mol. The zero-order chi connectivity index (χ0) is 21.6. The maximum Gasteiger partial charge on any atom is 0.334 e. The maximum atomic E-state index is 13.0. The summed E-state index contributed by atoms with van der Waals surface area (Å²) in [6, 6.07) is 0. The molecule has 0 bridgehead atoms. The summed E-state index contributed by atoms with van der Waals surface area (Å²) in [7, 11) is 0. The fourth-order valence-corrected chi connectivity index (χ4v) is 3.83. The van der Waals surface area contributed by atoms with Crippen molar-refractivity contribution >= 4 is 11.9 Å². The number of unbranched alkanes of at least 4 members (excludes halogenated alkanes) is 5. The van der Waals surface area contributed by atoms with Gasteiger partial charge >= 0.3 is 11.9 Å². The Balaban J connectivity index is 3.00. The van der Waals surface area contributed by atoms with Crippen LogP contribution in [0.2, 0.25) is 0 Å². The highest BCUT2D eigenvalue weighted by molar-refractivity contribution is 6.00. The van der Waals surface area contributed by atoms with E-state index >= 15 is 0 Å². The van der Waals surface area contributed by atoms with Gasteiger partial charge in [-0.3, -0.25) is 0 Å². The van der Waals surface area contributed by atoms with Crippen molar-refractivity contribution in [1.82, 2.24) is 0 Å². The van der Waals surface area contributed by atoms with Crippen LogP contribution in [0.5, 0.6) is 0 Å². The third kappa shape index (κ3) is 10.3. The van der Waals surface area contributed by atoms with Crippen molar-refractivity contribution in [3.63, 3.8) is 0 Å². The van der Waals surface area contributed by atoms with Gasteiger partial charge in [0, 0.05) is 5.57 Å². The van der Waals surface area contributed by atoms with E-state index in [1.807, 2.05) is 27.7 Å². The molecule has 168 valence electrons. The molecule has 1 aliphatic rings. The van der Waals surface area contributed by atoms with E-state index in [-0.39, 0.29) is 29.7 Å². The van der Waals surface area contributed by atoms with Gasteiger partial charge < -0.3 is 9.47 Å². The summed E-state index contributed by atoms with van der Waals surface area (Å²) in [5.41, 5.74) is 1.20. The lowest BCUT2D eigenvalue weighted by Gasteiger charge is -2.20. The van der Waals surface area contributed by atoms with Gasteiger partial charge in [-0.1, -0.05) is 79.6 Å². The highest BCUT2D eigenvalue weighted by atomic mass is 16.5. The van der Waals surface area contributed by atoms with Crippen LogP contribution in [0.15, 0.2) is 11.1 Å². The molecular formula is C25H44O4. The Morgan fingerprint density at radius 3 is 1.86 bits per heavy atom. The average molecular weight is 409 g/mol. The molecule has 0 spiro atoms. The third-order valence-electron chi connectivity index (χ3n) is 5.43. The van der Waals surface area contributed by atoms with Gasteiger partial charge in [-0.2, -0.15) is 0 Å². The van der Waals surface area contributed by atoms with E-state index in [0.29, 0.717) is 30.8 Å². The lowest BCUT2D eigenvalue weighted by molar-refractivity contribution is -0.144. The van der Waals surface area contributed by atoms with E-state index in [1.165, 1.54) is 25.7 Å². The van der Waals surface area contributed by atoms with Crippen LogP contribution in [0.3, 0.4) is 0 Å².